The van der Waals surface area contributed by atoms with Gasteiger partial charge in [0.25, 0.3) is 0 Å². The van der Waals surface area contributed by atoms with Gasteiger partial charge in [-0.3, -0.25) is 0 Å². The number of hydrogen-bond acceptors (Lipinski definition) is 3. The van der Waals surface area contributed by atoms with Crippen LogP contribution in [0.2, 0.25) is 0 Å². The van der Waals surface area contributed by atoms with Crippen molar-refractivity contribution in [3.63, 3.8) is 0 Å². The molecule has 3 heteroatoms. The summed E-state index contributed by atoms with van der Waals surface area (Å²) in [6.07, 6.45) is 1.83. The van der Waals surface area contributed by atoms with Crippen molar-refractivity contribution >= 4 is 0 Å². The fraction of sp³-hybridized carbons (Fsp3) is 0.250. The van der Waals surface area contributed by atoms with Crippen LogP contribution in [0.4, 0.5) is 0 Å². The van der Waals surface area contributed by atoms with E-state index in [0.29, 0.717) is 6.54 Å². The standard InChI is InChI=1S/C12H14N2O/c13-8-4-7-11-9-12(15-14-11)10-5-2-1-3-6-10/h1-3,5-6,9H,4,7-8,13H2. The van der Waals surface area contributed by atoms with E-state index in [1.165, 1.54) is 0 Å². The summed E-state index contributed by atoms with van der Waals surface area (Å²) in [4.78, 5) is 0. The lowest BCUT2D eigenvalue weighted by atomic mass is 10.1. The van der Waals surface area contributed by atoms with Gasteiger partial charge in [-0.2, -0.15) is 0 Å². The maximum absolute atomic E-state index is 5.44. The van der Waals surface area contributed by atoms with Gasteiger partial charge in [0.15, 0.2) is 5.76 Å². The summed E-state index contributed by atoms with van der Waals surface area (Å²) in [6, 6.07) is 11.9. The molecule has 0 radical (unpaired) electrons. The number of nitrogens with zero attached hydrogens (tertiary/aromatic N) is 1. The van der Waals surface area contributed by atoms with E-state index < -0.39 is 0 Å². The Morgan fingerprint density at radius 3 is 2.73 bits per heavy atom. The van der Waals surface area contributed by atoms with Crippen molar-refractivity contribution in [3.05, 3.63) is 42.1 Å². The van der Waals surface area contributed by atoms with Crippen molar-refractivity contribution in [3.8, 4) is 11.3 Å². The van der Waals surface area contributed by atoms with Gasteiger partial charge in [0, 0.05) is 11.6 Å². The second-order valence-corrected chi connectivity index (χ2v) is 3.44. The molecule has 0 amide bonds. The topological polar surface area (TPSA) is 52.0 Å². The Morgan fingerprint density at radius 1 is 1.20 bits per heavy atom. The molecule has 0 aliphatic carbocycles. The Morgan fingerprint density at radius 2 is 2.00 bits per heavy atom. The molecule has 0 unspecified atom stereocenters. The van der Waals surface area contributed by atoms with Crippen LogP contribution in [0.5, 0.6) is 0 Å². The average Bonchev–Trinajstić information content (AvgIpc) is 2.76. The number of aryl methyl sites for hydroxylation is 1. The number of benzene rings is 1. The minimum Gasteiger partial charge on any atom is -0.356 e. The van der Waals surface area contributed by atoms with Crippen LogP contribution in [-0.2, 0) is 6.42 Å². The number of hydrogen-bond donors (Lipinski definition) is 1. The maximum atomic E-state index is 5.44. The smallest absolute Gasteiger partial charge is 0.167 e. The summed E-state index contributed by atoms with van der Waals surface area (Å²) in [5, 5.41) is 4.00. The Balaban J connectivity index is 2.14. The summed E-state index contributed by atoms with van der Waals surface area (Å²) < 4.78 is 5.26. The van der Waals surface area contributed by atoms with Crippen LogP contribution in [0.3, 0.4) is 0 Å². The highest BCUT2D eigenvalue weighted by Crippen LogP contribution is 2.19. The zero-order valence-corrected chi connectivity index (χ0v) is 8.52. The molecule has 0 aliphatic heterocycles. The van der Waals surface area contributed by atoms with Crippen LogP contribution in [0.25, 0.3) is 11.3 Å². The molecular formula is C12H14N2O. The first-order chi connectivity index (χ1) is 7.40. The number of rotatable bonds is 4. The molecule has 1 heterocycles. The first-order valence-electron chi connectivity index (χ1n) is 5.11. The molecule has 1 aromatic carbocycles. The monoisotopic (exact) mass is 202 g/mol. The Bertz CT molecular complexity index is 409. The lowest BCUT2D eigenvalue weighted by molar-refractivity contribution is 0.423. The van der Waals surface area contributed by atoms with E-state index in [1.807, 2.05) is 36.4 Å². The first kappa shape index (κ1) is 9.93. The predicted molar refractivity (Wildman–Crippen MR) is 59.3 cm³/mol. The molecule has 0 saturated heterocycles. The van der Waals surface area contributed by atoms with Crippen LogP contribution in [0.1, 0.15) is 12.1 Å². The van der Waals surface area contributed by atoms with E-state index in [2.05, 4.69) is 5.16 Å². The van der Waals surface area contributed by atoms with Crippen LogP contribution >= 0.6 is 0 Å². The summed E-state index contributed by atoms with van der Waals surface area (Å²) in [5.41, 5.74) is 7.47. The van der Waals surface area contributed by atoms with E-state index in [-0.39, 0.29) is 0 Å². The van der Waals surface area contributed by atoms with E-state index in [0.717, 1.165) is 29.9 Å². The van der Waals surface area contributed by atoms with Crippen molar-refractivity contribution in [1.82, 2.24) is 5.16 Å². The molecule has 0 atom stereocenters. The number of aromatic nitrogens is 1. The minimum atomic E-state index is 0.688. The molecule has 0 bridgehead atoms. The summed E-state index contributed by atoms with van der Waals surface area (Å²) in [5.74, 6) is 0.822. The highest BCUT2D eigenvalue weighted by Gasteiger charge is 2.05. The lowest BCUT2D eigenvalue weighted by Gasteiger charge is -1.91. The molecule has 0 spiro atoms. The largest absolute Gasteiger partial charge is 0.356 e. The molecular weight excluding hydrogens is 188 g/mol. The molecule has 2 N–H and O–H groups in total. The van der Waals surface area contributed by atoms with Gasteiger partial charge in [0.05, 0.1) is 5.69 Å². The predicted octanol–water partition coefficient (Wildman–Crippen LogP) is 2.23. The molecule has 2 rings (SSSR count). The van der Waals surface area contributed by atoms with E-state index >= 15 is 0 Å². The van der Waals surface area contributed by atoms with Gasteiger partial charge in [0.2, 0.25) is 0 Å². The van der Waals surface area contributed by atoms with Crippen LogP contribution in [0, 0.1) is 0 Å². The van der Waals surface area contributed by atoms with Crippen molar-refractivity contribution in [2.75, 3.05) is 6.54 Å². The van der Waals surface area contributed by atoms with Gasteiger partial charge in [0.1, 0.15) is 0 Å². The van der Waals surface area contributed by atoms with Crippen LogP contribution < -0.4 is 5.73 Å². The molecule has 3 nitrogen and oxygen atoms in total. The minimum absolute atomic E-state index is 0.688. The highest BCUT2D eigenvalue weighted by molar-refractivity contribution is 5.56. The normalized spacial score (nSPS) is 10.5. The molecule has 1 aromatic heterocycles. The van der Waals surface area contributed by atoms with Crippen molar-refractivity contribution in [2.24, 2.45) is 5.73 Å². The molecule has 15 heavy (non-hydrogen) atoms. The van der Waals surface area contributed by atoms with Crippen LogP contribution in [-0.4, -0.2) is 11.7 Å². The maximum Gasteiger partial charge on any atom is 0.167 e. The van der Waals surface area contributed by atoms with Gasteiger partial charge in [-0.05, 0) is 19.4 Å². The number of nitrogens with two attached hydrogens (primary N) is 1. The second-order valence-electron chi connectivity index (χ2n) is 3.44. The third-order valence-electron chi connectivity index (χ3n) is 2.25. The molecule has 0 fully saturated rings. The molecule has 0 aliphatic rings. The highest BCUT2D eigenvalue weighted by atomic mass is 16.5. The van der Waals surface area contributed by atoms with Gasteiger partial charge >= 0.3 is 0 Å². The van der Waals surface area contributed by atoms with E-state index in [4.69, 9.17) is 10.3 Å². The van der Waals surface area contributed by atoms with E-state index in [9.17, 15) is 0 Å². The summed E-state index contributed by atoms with van der Waals surface area (Å²) in [6.45, 7) is 0.688. The summed E-state index contributed by atoms with van der Waals surface area (Å²) >= 11 is 0. The fourth-order valence-electron chi connectivity index (χ4n) is 1.45. The summed E-state index contributed by atoms with van der Waals surface area (Å²) in [7, 11) is 0. The second kappa shape index (κ2) is 4.75. The third-order valence-corrected chi connectivity index (χ3v) is 2.25. The van der Waals surface area contributed by atoms with Crippen molar-refractivity contribution < 1.29 is 4.52 Å². The zero-order valence-electron chi connectivity index (χ0n) is 8.52. The SMILES string of the molecule is NCCCc1cc(-c2ccccc2)on1. The Kier molecular flexibility index (Phi) is 3.15. The van der Waals surface area contributed by atoms with Gasteiger partial charge in [-0.15, -0.1) is 0 Å². The van der Waals surface area contributed by atoms with Gasteiger partial charge in [-0.25, -0.2) is 0 Å². The van der Waals surface area contributed by atoms with Gasteiger partial charge in [-0.1, -0.05) is 35.5 Å². The van der Waals surface area contributed by atoms with Gasteiger partial charge < -0.3 is 10.3 Å². The Labute approximate surface area is 88.9 Å². The van der Waals surface area contributed by atoms with Crippen LogP contribution in [0.15, 0.2) is 40.9 Å². The Hall–Kier alpha value is -1.61. The van der Waals surface area contributed by atoms with Crippen molar-refractivity contribution in [1.29, 1.82) is 0 Å². The fourth-order valence-corrected chi connectivity index (χ4v) is 1.45. The quantitative estimate of drug-likeness (QED) is 0.827. The average molecular weight is 202 g/mol. The lowest BCUT2D eigenvalue weighted by Crippen LogP contribution is -2.00. The molecule has 0 saturated carbocycles. The first-order valence-corrected chi connectivity index (χ1v) is 5.11. The molecule has 2 aromatic rings. The zero-order chi connectivity index (χ0) is 10.5. The molecule has 78 valence electrons. The third kappa shape index (κ3) is 2.44. The van der Waals surface area contributed by atoms with Crippen molar-refractivity contribution in [2.45, 2.75) is 12.8 Å². The van der Waals surface area contributed by atoms with E-state index in [1.54, 1.807) is 0 Å².